The Kier molecular flexibility index (Phi) is 12.2. The number of halogens is 1. The summed E-state index contributed by atoms with van der Waals surface area (Å²) in [6, 6.07) is 68.4. The number of hydrogen-bond donors (Lipinski definition) is 1. The summed E-state index contributed by atoms with van der Waals surface area (Å²) < 4.78 is 45.2. The Morgan fingerprint density at radius 1 is 0.591 bits per heavy atom. The van der Waals surface area contributed by atoms with Crippen LogP contribution >= 0.6 is 0 Å². The molecule has 7 aromatic carbocycles. The lowest BCUT2D eigenvalue weighted by Crippen LogP contribution is -2.38. The highest BCUT2D eigenvalue weighted by atomic mass is 19.1. The van der Waals surface area contributed by atoms with Crippen molar-refractivity contribution in [2.24, 2.45) is 0 Å². The molecule has 2 aromatic heterocycles. The van der Waals surface area contributed by atoms with Crippen molar-refractivity contribution in [2.75, 3.05) is 19.0 Å². The Morgan fingerprint density at radius 2 is 1.06 bits per heavy atom. The summed E-state index contributed by atoms with van der Waals surface area (Å²) >= 11 is 0. The predicted molar refractivity (Wildman–Crippen MR) is 254 cm³/mol. The van der Waals surface area contributed by atoms with Gasteiger partial charge in [0.15, 0.2) is 29.4 Å². The maximum Gasteiger partial charge on any atom is 0.167 e. The van der Waals surface area contributed by atoms with Gasteiger partial charge in [0.25, 0.3) is 0 Å². The minimum atomic E-state index is -1.62. The molecule has 1 saturated heterocycles. The van der Waals surface area contributed by atoms with Gasteiger partial charge in [0, 0.05) is 0 Å². The van der Waals surface area contributed by atoms with Crippen molar-refractivity contribution in [3.8, 4) is 5.75 Å². The first-order chi connectivity index (χ1) is 32.6. The molecule has 10 rings (SSSR count). The standard InChI is InChI=1S/C56H48FN5O4/c1-63-47-34-32-40(33-35-47)36-64-51-49(57)48(37-65-56(44-26-14-5-15-27-44,45-28-16-6-17-29-45)46-30-18-7-19-31-46)66-54(51)62-39-60-50-52(58-38-59-53(50)62)61-55(41-20-8-2-9-21-41,42-22-10-3-11-23-42)43-24-12-4-13-25-43/h2-35,38-39,48-49,51,54H,36-37H2,1H3,(H,58,59,61)/t48-,49+,51-,54-/m1/s1. The van der Waals surface area contributed by atoms with Gasteiger partial charge in [0.2, 0.25) is 0 Å². The Morgan fingerprint density at radius 3 is 1.53 bits per heavy atom. The van der Waals surface area contributed by atoms with Gasteiger partial charge in [-0.25, -0.2) is 19.3 Å². The molecule has 1 aliphatic rings. The van der Waals surface area contributed by atoms with Gasteiger partial charge in [0.05, 0.1) is 26.7 Å². The first-order valence-electron chi connectivity index (χ1n) is 22.1. The number of rotatable bonds is 16. The molecule has 3 heterocycles. The van der Waals surface area contributed by atoms with Crippen LogP contribution in [0.5, 0.6) is 5.75 Å². The zero-order chi connectivity index (χ0) is 44.8. The normalized spacial score (nSPS) is 17.4. The monoisotopic (exact) mass is 873 g/mol. The number of benzene rings is 7. The molecule has 0 bridgehead atoms. The number of nitrogens with zero attached hydrogens (tertiary/aromatic N) is 4. The van der Waals surface area contributed by atoms with E-state index in [9.17, 15) is 0 Å². The second-order valence-corrected chi connectivity index (χ2v) is 16.2. The number of fused-ring (bicyclic) bond motifs is 1. The second-order valence-electron chi connectivity index (χ2n) is 16.2. The minimum absolute atomic E-state index is 0.110. The largest absolute Gasteiger partial charge is 0.497 e. The maximum absolute atomic E-state index is 17.5. The van der Waals surface area contributed by atoms with Gasteiger partial charge in [-0.2, -0.15) is 0 Å². The lowest BCUT2D eigenvalue weighted by atomic mass is 9.77. The van der Waals surface area contributed by atoms with Crippen molar-refractivity contribution < 1.29 is 23.3 Å². The summed E-state index contributed by atoms with van der Waals surface area (Å²) in [6.45, 7) is 0.00752. The molecular weight excluding hydrogens is 826 g/mol. The van der Waals surface area contributed by atoms with E-state index >= 15 is 4.39 Å². The van der Waals surface area contributed by atoms with Gasteiger partial charge in [-0.1, -0.05) is 194 Å². The number of imidazole rings is 1. The van der Waals surface area contributed by atoms with Crippen molar-refractivity contribution in [2.45, 2.75) is 42.4 Å². The Labute approximate surface area is 383 Å². The fourth-order valence-corrected chi connectivity index (χ4v) is 9.21. The highest BCUT2D eigenvalue weighted by Gasteiger charge is 2.50. The van der Waals surface area contributed by atoms with E-state index in [4.69, 9.17) is 33.9 Å². The molecule has 0 radical (unpaired) electrons. The smallest absolute Gasteiger partial charge is 0.167 e. The van der Waals surface area contributed by atoms with E-state index in [1.165, 1.54) is 6.33 Å². The molecular formula is C56H48FN5O4. The van der Waals surface area contributed by atoms with Gasteiger partial charge in [-0.05, 0) is 51.1 Å². The second kappa shape index (κ2) is 18.9. The first kappa shape index (κ1) is 42.5. The third-order valence-electron chi connectivity index (χ3n) is 12.4. The molecule has 0 aliphatic carbocycles. The van der Waals surface area contributed by atoms with Crippen LogP contribution in [0.2, 0.25) is 0 Å². The molecule has 0 spiro atoms. The molecule has 10 heteroatoms. The summed E-state index contributed by atoms with van der Waals surface area (Å²) in [4.78, 5) is 14.5. The van der Waals surface area contributed by atoms with E-state index in [0.717, 1.165) is 38.9 Å². The summed E-state index contributed by atoms with van der Waals surface area (Å²) in [5.74, 6) is 1.20. The zero-order valence-electron chi connectivity index (χ0n) is 36.3. The maximum atomic E-state index is 17.5. The summed E-state index contributed by atoms with van der Waals surface area (Å²) in [7, 11) is 1.62. The zero-order valence-corrected chi connectivity index (χ0v) is 36.3. The van der Waals surface area contributed by atoms with Crippen molar-refractivity contribution >= 4 is 17.0 Å². The number of hydrogen-bond acceptors (Lipinski definition) is 8. The van der Waals surface area contributed by atoms with Crippen LogP contribution in [0.1, 0.15) is 45.2 Å². The summed E-state index contributed by atoms with van der Waals surface area (Å²) in [6.07, 6.45) is -1.61. The number of anilines is 1. The Balaban J connectivity index is 1.04. The first-order valence-corrected chi connectivity index (χ1v) is 22.1. The van der Waals surface area contributed by atoms with Crippen molar-refractivity contribution in [3.63, 3.8) is 0 Å². The molecule has 0 amide bonds. The van der Waals surface area contributed by atoms with E-state index in [1.807, 2.05) is 170 Å². The minimum Gasteiger partial charge on any atom is -0.497 e. The third-order valence-corrected chi connectivity index (χ3v) is 12.4. The summed E-state index contributed by atoms with van der Waals surface area (Å²) in [5, 5.41) is 3.85. The molecule has 66 heavy (non-hydrogen) atoms. The quantitative estimate of drug-likeness (QED) is 0.0960. The highest BCUT2D eigenvalue weighted by Crippen LogP contribution is 2.44. The van der Waals surface area contributed by atoms with Gasteiger partial charge < -0.3 is 24.3 Å². The fraction of sp³-hybridized carbons (Fsp3) is 0.161. The number of aromatic nitrogens is 4. The van der Waals surface area contributed by atoms with Gasteiger partial charge >= 0.3 is 0 Å². The number of nitrogens with one attached hydrogen (secondary N) is 1. The van der Waals surface area contributed by atoms with Crippen LogP contribution in [0.3, 0.4) is 0 Å². The van der Waals surface area contributed by atoms with Crippen LogP contribution in [-0.4, -0.2) is 51.6 Å². The molecule has 1 fully saturated rings. The van der Waals surface area contributed by atoms with Gasteiger partial charge in [-0.15, -0.1) is 0 Å². The van der Waals surface area contributed by atoms with Crippen molar-refractivity contribution in [3.05, 3.63) is 258 Å². The molecule has 0 unspecified atom stereocenters. The predicted octanol–water partition coefficient (Wildman–Crippen LogP) is 11.1. The molecule has 9 nitrogen and oxygen atoms in total. The molecule has 9 aromatic rings. The average Bonchev–Trinajstić information content (AvgIpc) is 3.97. The van der Waals surface area contributed by atoms with Crippen LogP contribution in [0, 0.1) is 0 Å². The van der Waals surface area contributed by atoms with Gasteiger partial charge in [0.1, 0.15) is 35.4 Å². The SMILES string of the molecule is COc1ccc(CO[C@@H]2[C@@H](F)[C@@H](COC(c3ccccc3)(c3ccccc3)c3ccccc3)O[C@H]2n2cnc3c(NC(c4ccccc4)(c4ccccc4)c4ccccc4)ncnc32)cc1. The molecule has 0 saturated carbocycles. The van der Waals surface area contributed by atoms with Gasteiger partial charge in [-0.3, -0.25) is 4.57 Å². The molecule has 1 N–H and O–H groups in total. The van der Waals surface area contributed by atoms with E-state index in [0.29, 0.717) is 22.7 Å². The Hall–Kier alpha value is -7.50. The van der Waals surface area contributed by atoms with Crippen LogP contribution in [-0.2, 0) is 32.0 Å². The van der Waals surface area contributed by atoms with Crippen LogP contribution in [0.4, 0.5) is 10.2 Å². The lowest BCUT2D eigenvalue weighted by Gasteiger charge is -2.37. The fourth-order valence-electron chi connectivity index (χ4n) is 9.21. The van der Waals surface area contributed by atoms with E-state index in [1.54, 1.807) is 18.0 Å². The number of alkyl halides is 1. The van der Waals surface area contributed by atoms with Crippen LogP contribution < -0.4 is 10.1 Å². The van der Waals surface area contributed by atoms with E-state index in [2.05, 4.69) is 41.7 Å². The number of methoxy groups -OCH3 is 1. The van der Waals surface area contributed by atoms with Crippen molar-refractivity contribution in [1.29, 1.82) is 0 Å². The highest BCUT2D eigenvalue weighted by molar-refractivity contribution is 5.84. The van der Waals surface area contributed by atoms with Crippen LogP contribution in [0.25, 0.3) is 11.2 Å². The third kappa shape index (κ3) is 8.00. The number of ether oxygens (including phenoxy) is 4. The summed E-state index contributed by atoms with van der Waals surface area (Å²) in [5.41, 5.74) is 5.48. The van der Waals surface area contributed by atoms with E-state index < -0.39 is 35.7 Å². The lowest BCUT2D eigenvalue weighted by molar-refractivity contribution is -0.0955. The van der Waals surface area contributed by atoms with Crippen LogP contribution in [0.15, 0.2) is 219 Å². The molecule has 1 aliphatic heterocycles. The van der Waals surface area contributed by atoms with Crippen molar-refractivity contribution in [1.82, 2.24) is 19.5 Å². The Bertz CT molecular complexity index is 2750. The molecule has 328 valence electrons. The average molecular weight is 874 g/mol. The van der Waals surface area contributed by atoms with E-state index in [-0.39, 0.29) is 13.2 Å². The molecule has 4 atom stereocenters. The topological polar surface area (TPSA) is 92.5 Å².